The summed E-state index contributed by atoms with van der Waals surface area (Å²) in [4.78, 5) is 18.3. The summed E-state index contributed by atoms with van der Waals surface area (Å²) >= 11 is 1.40. The van der Waals surface area contributed by atoms with E-state index in [1.807, 2.05) is 6.92 Å². The lowest BCUT2D eigenvalue weighted by Crippen LogP contribution is -2.13. The molecule has 7 heteroatoms. The Labute approximate surface area is 139 Å². The minimum atomic E-state index is -1.10. The summed E-state index contributed by atoms with van der Waals surface area (Å²) in [6.07, 6.45) is 3.17. The first-order valence-electron chi connectivity index (χ1n) is 6.81. The van der Waals surface area contributed by atoms with Gasteiger partial charge in [0.25, 0.3) is 5.91 Å². The van der Waals surface area contributed by atoms with E-state index in [4.69, 9.17) is 4.42 Å². The van der Waals surface area contributed by atoms with Crippen molar-refractivity contribution in [2.75, 3.05) is 11.6 Å². The Morgan fingerprint density at radius 1 is 1.30 bits per heavy atom. The number of hydrogen-bond acceptors (Lipinski definition) is 5. The fraction of sp³-hybridized carbons (Fsp3) is 0.125. The topological polar surface area (TPSA) is 72.2 Å². The zero-order valence-corrected chi connectivity index (χ0v) is 14.2. The fourth-order valence-corrected chi connectivity index (χ4v) is 3.50. The number of nitrogens with zero attached hydrogens (tertiary/aromatic N) is 1. The van der Waals surface area contributed by atoms with E-state index in [1.165, 1.54) is 11.3 Å². The Hall–Kier alpha value is -2.25. The second kappa shape index (κ2) is 6.47. The second-order valence-electron chi connectivity index (χ2n) is 4.84. The highest BCUT2D eigenvalue weighted by Crippen LogP contribution is 2.28. The average molecular weight is 346 g/mol. The zero-order valence-electron chi connectivity index (χ0n) is 12.5. The molecule has 0 saturated carbocycles. The Kier molecular flexibility index (Phi) is 4.40. The molecule has 0 aliphatic heterocycles. The van der Waals surface area contributed by atoms with Crippen molar-refractivity contribution in [1.29, 1.82) is 0 Å². The van der Waals surface area contributed by atoms with Crippen LogP contribution in [-0.4, -0.2) is 21.4 Å². The summed E-state index contributed by atoms with van der Waals surface area (Å²) < 4.78 is 16.8. The van der Waals surface area contributed by atoms with E-state index < -0.39 is 10.8 Å². The Morgan fingerprint density at radius 2 is 2.13 bits per heavy atom. The van der Waals surface area contributed by atoms with E-state index >= 15 is 0 Å². The molecule has 0 radical (unpaired) electrons. The van der Waals surface area contributed by atoms with E-state index in [2.05, 4.69) is 10.3 Å². The number of amides is 1. The normalized spacial score (nSPS) is 12.1. The molecule has 0 saturated heterocycles. The third-order valence-electron chi connectivity index (χ3n) is 3.17. The van der Waals surface area contributed by atoms with Gasteiger partial charge in [0.1, 0.15) is 5.69 Å². The molecule has 0 fully saturated rings. The first-order chi connectivity index (χ1) is 11.0. The number of furan rings is 1. The van der Waals surface area contributed by atoms with Crippen LogP contribution in [0.15, 0.2) is 52.0 Å². The Balaban J connectivity index is 1.84. The van der Waals surface area contributed by atoms with Gasteiger partial charge in [-0.05, 0) is 37.3 Å². The third-order valence-corrected chi connectivity index (χ3v) is 5.07. The fourth-order valence-electron chi connectivity index (χ4n) is 2.06. The Bertz CT molecular complexity index is 869. The van der Waals surface area contributed by atoms with Crippen LogP contribution in [0.3, 0.4) is 0 Å². The molecule has 0 bridgehead atoms. The standard InChI is InChI=1S/C16H14N2O3S2/c1-10-14(18-16(22-10)13-7-4-8-21-13)15(19)17-11-5-3-6-12(9-11)23(2)20/h3-9H,1-2H3,(H,17,19). The van der Waals surface area contributed by atoms with Gasteiger partial charge in [-0.1, -0.05) is 6.07 Å². The zero-order chi connectivity index (χ0) is 16.4. The number of anilines is 1. The van der Waals surface area contributed by atoms with Gasteiger partial charge in [-0.25, -0.2) is 4.98 Å². The molecule has 3 rings (SSSR count). The van der Waals surface area contributed by atoms with Gasteiger partial charge in [0.05, 0.1) is 6.26 Å². The largest absolute Gasteiger partial charge is 0.462 e. The minimum Gasteiger partial charge on any atom is -0.462 e. The molecule has 1 amide bonds. The number of thiazole rings is 1. The maximum atomic E-state index is 12.4. The Morgan fingerprint density at radius 3 is 2.83 bits per heavy atom. The monoisotopic (exact) mass is 346 g/mol. The maximum Gasteiger partial charge on any atom is 0.275 e. The summed E-state index contributed by atoms with van der Waals surface area (Å²) in [6, 6.07) is 10.6. The van der Waals surface area contributed by atoms with Crippen LogP contribution in [0.5, 0.6) is 0 Å². The van der Waals surface area contributed by atoms with Gasteiger partial charge in [0.15, 0.2) is 10.8 Å². The van der Waals surface area contributed by atoms with Gasteiger partial charge in [0, 0.05) is 32.5 Å². The molecule has 2 heterocycles. The molecule has 0 aliphatic carbocycles. The number of hydrogen-bond donors (Lipinski definition) is 1. The van der Waals surface area contributed by atoms with Gasteiger partial charge < -0.3 is 9.73 Å². The molecular formula is C16H14N2O3S2. The quantitative estimate of drug-likeness (QED) is 0.782. The number of carbonyl (C=O) groups excluding carboxylic acids is 1. The van der Waals surface area contributed by atoms with Crippen molar-refractivity contribution in [2.24, 2.45) is 0 Å². The lowest BCUT2D eigenvalue weighted by Gasteiger charge is -2.05. The summed E-state index contributed by atoms with van der Waals surface area (Å²) in [7, 11) is -1.10. The summed E-state index contributed by atoms with van der Waals surface area (Å²) in [6.45, 7) is 1.84. The minimum absolute atomic E-state index is 0.296. The SMILES string of the molecule is Cc1sc(-c2ccco2)nc1C(=O)Nc1cccc(S(C)=O)c1. The highest BCUT2D eigenvalue weighted by atomic mass is 32.2. The number of rotatable bonds is 4. The predicted octanol–water partition coefficient (Wildman–Crippen LogP) is 3.70. The molecule has 1 unspecified atom stereocenters. The van der Waals surface area contributed by atoms with Crippen molar-refractivity contribution in [2.45, 2.75) is 11.8 Å². The van der Waals surface area contributed by atoms with Crippen molar-refractivity contribution in [3.8, 4) is 10.8 Å². The van der Waals surface area contributed by atoms with Crippen molar-refractivity contribution in [3.63, 3.8) is 0 Å². The van der Waals surface area contributed by atoms with Gasteiger partial charge in [-0.15, -0.1) is 11.3 Å². The molecule has 0 aliphatic rings. The van der Waals surface area contributed by atoms with Crippen LogP contribution in [0.4, 0.5) is 5.69 Å². The number of benzene rings is 1. The highest BCUT2D eigenvalue weighted by molar-refractivity contribution is 7.84. The smallest absolute Gasteiger partial charge is 0.275 e. The number of aryl methyl sites for hydroxylation is 1. The average Bonchev–Trinajstić information content (AvgIpc) is 3.16. The molecule has 0 spiro atoms. The van der Waals surface area contributed by atoms with Gasteiger partial charge in [-0.3, -0.25) is 9.00 Å². The molecular weight excluding hydrogens is 332 g/mol. The van der Waals surface area contributed by atoms with Gasteiger partial charge >= 0.3 is 0 Å². The van der Waals surface area contributed by atoms with Crippen LogP contribution in [0, 0.1) is 6.92 Å². The predicted molar refractivity (Wildman–Crippen MR) is 91.3 cm³/mol. The molecule has 1 aromatic carbocycles. The lowest BCUT2D eigenvalue weighted by atomic mass is 10.3. The van der Waals surface area contributed by atoms with E-state index in [-0.39, 0.29) is 5.91 Å². The molecule has 2 aromatic heterocycles. The van der Waals surface area contributed by atoms with Gasteiger partial charge in [0.2, 0.25) is 0 Å². The van der Waals surface area contributed by atoms with Gasteiger partial charge in [-0.2, -0.15) is 0 Å². The van der Waals surface area contributed by atoms with Crippen LogP contribution in [-0.2, 0) is 10.8 Å². The van der Waals surface area contributed by atoms with Crippen LogP contribution < -0.4 is 5.32 Å². The first kappa shape index (κ1) is 15.6. The van der Waals surface area contributed by atoms with Crippen LogP contribution in [0.25, 0.3) is 10.8 Å². The van der Waals surface area contributed by atoms with E-state index in [0.717, 1.165) is 4.88 Å². The van der Waals surface area contributed by atoms with Crippen LogP contribution in [0.2, 0.25) is 0 Å². The summed E-state index contributed by atoms with van der Waals surface area (Å²) in [5, 5.41) is 3.46. The third kappa shape index (κ3) is 3.40. The van der Waals surface area contributed by atoms with Crippen molar-refractivity contribution < 1.29 is 13.4 Å². The van der Waals surface area contributed by atoms with Crippen molar-refractivity contribution in [1.82, 2.24) is 4.98 Å². The van der Waals surface area contributed by atoms with Crippen LogP contribution in [0.1, 0.15) is 15.4 Å². The maximum absolute atomic E-state index is 12.4. The highest BCUT2D eigenvalue weighted by Gasteiger charge is 2.17. The number of nitrogens with one attached hydrogen (secondary N) is 1. The second-order valence-corrected chi connectivity index (χ2v) is 7.42. The molecule has 3 aromatic rings. The lowest BCUT2D eigenvalue weighted by molar-refractivity contribution is 0.102. The van der Waals surface area contributed by atoms with E-state index in [9.17, 15) is 9.00 Å². The van der Waals surface area contributed by atoms with E-state index in [1.54, 1.807) is 48.9 Å². The van der Waals surface area contributed by atoms with Crippen molar-refractivity contribution >= 4 is 33.7 Å². The van der Waals surface area contributed by atoms with Crippen LogP contribution >= 0.6 is 11.3 Å². The summed E-state index contributed by atoms with van der Waals surface area (Å²) in [5.74, 6) is 0.344. The molecule has 1 N–H and O–H groups in total. The first-order valence-corrected chi connectivity index (χ1v) is 9.18. The molecule has 23 heavy (non-hydrogen) atoms. The van der Waals surface area contributed by atoms with E-state index in [0.29, 0.717) is 27.0 Å². The molecule has 118 valence electrons. The molecule has 5 nitrogen and oxygen atoms in total. The molecule has 1 atom stereocenters. The number of carbonyl (C=O) groups is 1. The van der Waals surface area contributed by atoms with Crippen molar-refractivity contribution in [3.05, 3.63) is 53.2 Å². The summed E-state index contributed by atoms with van der Waals surface area (Å²) in [5.41, 5.74) is 0.957. The number of aromatic nitrogens is 1.